The van der Waals surface area contributed by atoms with Gasteiger partial charge < -0.3 is 11.1 Å². The van der Waals surface area contributed by atoms with Crippen LogP contribution in [0.25, 0.3) is 11.0 Å². The molecular formula is C11H19N7O2S. The zero-order valence-corrected chi connectivity index (χ0v) is 12.8. The Labute approximate surface area is 123 Å². The number of nitrogen functional groups attached to an aromatic ring is 1. The second kappa shape index (κ2) is 6.22. The molecule has 2 aromatic rings. The molecule has 9 nitrogen and oxygen atoms in total. The molecule has 0 unspecified atom stereocenters. The number of nitrogens with zero attached hydrogens (tertiary/aromatic N) is 4. The standard InChI is InChI=1S/C11H19N7O2S/c1-3-21(19,20)15-6-4-5-13-11-16-9(12)8-7-14-18(2)10(8)17-11/h7,15H,3-6H2,1-2H3,(H3,12,13,16,17). The second-order valence-electron chi connectivity index (χ2n) is 4.52. The molecule has 4 N–H and O–H groups in total. The summed E-state index contributed by atoms with van der Waals surface area (Å²) in [6.45, 7) is 2.50. The summed E-state index contributed by atoms with van der Waals surface area (Å²) in [4.78, 5) is 8.46. The minimum absolute atomic E-state index is 0.0806. The van der Waals surface area contributed by atoms with E-state index < -0.39 is 10.0 Å². The van der Waals surface area contributed by atoms with Gasteiger partial charge in [-0.2, -0.15) is 15.1 Å². The first-order valence-electron chi connectivity index (χ1n) is 6.59. The monoisotopic (exact) mass is 313 g/mol. The van der Waals surface area contributed by atoms with E-state index in [1.807, 2.05) is 0 Å². The van der Waals surface area contributed by atoms with Gasteiger partial charge in [-0.3, -0.25) is 4.68 Å². The second-order valence-corrected chi connectivity index (χ2v) is 6.61. The predicted octanol–water partition coefficient (Wildman–Crippen LogP) is -0.313. The molecule has 0 bridgehead atoms. The largest absolute Gasteiger partial charge is 0.383 e. The number of rotatable bonds is 7. The summed E-state index contributed by atoms with van der Waals surface area (Å²) in [5.74, 6) is 0.848. The predicted molar refractivity (Wildman–Crippen MR) is 81.3 cm³/mol. The Kier molecular flexibility index (Phi) is 4.58. The molecular weight excluding hydrogens is 294 g/mol. The highest BCUT2D eigenvalue weighted by atomic mass is 32.2. The fourth-order valence-corrected chi connectivity index (χ4v) is 2.40. The molecule has 0 fully saturated rings. The maximum atomic E-state index is 11.2. The number of fused-ring (bicyclic) bond motifs is 1. The summed E-state index contributed by atoms with van der Waals surface area (Å²) in [5.41, 5.74) is 6.49. The van der Waals surface area contributed by atoms with Crippen molar-refractivity contribution in [2.24, 2.45) is 7.05 Å². The number of anilines is 2. The molecule has 0 aromatic carbocycles. The first-order chi connectivity index (χ1) is 9.93. The van der Waals surface area contributed by atoms with E-state index in [0.29, 0.717) is 42.3 Å². The highest BCUT2D eigenvalue weighted by Gasteiger charge is 2.09. The molecule has 2 aromatic heterocycles. The molecule has 0 spiro atoms. The van der Waals surface area contributed by atoms with E-state index in [1.54, 1.807) is 24.9 Å². The van der Waals surface area contributed by atoms with Gasteiger partial charge in [0.05, 0.1) is 17.3 Å². The van der Waals surface area contributed by atoms with Crippen LogP contribution in [-0.4, -0.2) is 47.0 Å². The Morgan fingerprint density at radius 2 is 2.10 bits per heavy atom. The lowest BCUT2D eigenvalue weighted by Gasteiger charge is -2.07. The van der Waals surface area contributed by atoms with Crippen LogP contribution in [0.4, 0.5) is 11.8 Å². The lowest BCUT2D eigenvalue weighted by Crippen LogP contribution is -2.27. The van der Waals surface area contributed by atoms with Crippen molar-refractivity contribution < 1.29 is 8.42 Å². The maximum absolute atomic E-state index is 11.2. The van der Waals surface area contributed by atoms with Crippen LogP contribution in [0, 0.1) is 0 Å². The molecule has 116 valence electrons. The van der Waals surface area contributed by atoms with Crippen molar-refractivity contribution in [3.8, 4) is 0 Å². The fourth-order valence-electron chi connectivity index (χ4n) is 1.74. The lowest BCUT2D eigenvalue weighted by molar-refractivity contribution is 0.581. The van der Waals surface area contributed by atoms with E-state index in [1.165, 1.54) is 0 Å². The minimum Gasteiger partial charge on any atom is -0.383 e. The average Bonchev–Trinajstić information content (AvgIpc) is 2.81. The Balaban J connectivity index is 1.91. The van der Waals surface area contributed by atoms with Crippen LogP contribution in [0.15, 0.2) is 6.20 Å². The average molecular weight is 313 g/mol. The summed E-state index contributed by atoms with van der Waals surface area (Å²) in [5, 5.41) is 7.80. The number of hydrogen-bond acceptors (Lipinski definition) is 7. The number of hydrogen-bond donors (Lipinski definition) is 3. The highest BCUT2D eigenvalue weighted by molar-refractivity contribution is 7.89. The van der Waals surface area contributed by atoms with Gasteiger partial charge in [0.15, 0.2) is 5.65 Å². The summed E-state index contributed by atoms with van der Waals surface area (Å²) < 4.78 is 26.6. The summed E-state index contributed by atoms with van der Waals surface area (Å²) in [6.07, 6.45) is 2.24. The fraction of sp³-hybridized carbons (Fsp3) is 0.545. The van der Waals surface area contributed by atoms with Gasteiger partial charge in [-0.05, 0) is 13.3 Å². The zero-order valence-electron chi connectivity index (χ0n) is 12.0. The number of aryl methyl sites for hydroxylation is 1. The molecule has 0 aliphatic rings. The third-order valence-electron chi connectivity index (χ3n) is 2.96. The molecule has 2 rings (SSSR count). The molecule has 0 atom stereocenters. The molecule has 0 saturated carbocycles. The number of nitrogens with two attached hydrogens (primary N) is 1. The van der Waals surface area contributed by atoms with Gasteiger partial charge in [-0.25, -0.2) is 13.1 Å². The Morgan fingerprint density at radius 1 is 1.33 bits per heavy atom. The van der Waals surface area contributed by atoms with Crippen molar-refractivity contribution in [3.05, 3.63) is 6.20 Å². The van der Waals surface area contributed by atoms with Crippen molar-refractivity contribution in [3.63, 3.8) is 0 Å². The van der Waals surface area contributed by atoms with Gasteiger partial charge in [0.2, 0.25) is 16.0 Å². The van der Waals surface area contributed by atoms with E-state index >= 15 is 0 Å². The van der Waals surface area contributed by atoms with E-state index in [9.17, 15) is 8.42 Å². The molecule has 21 heavy (non-hydrogen) atoms. The van der Waals surface area contributed by atoms with Crippen LogP contribution in [-0.2, 0) is 17.1 Å². The first-order valence-corrected chi connectivity index (χ1v) is 8.24. The highest BCUT2D eigenvalue weighted by Crippen LogP contribution is 2.18. The summed E-state index contributed by atoms with van der Waals surface area (Å²) >= 11 is 0. The van der Waals surface area contributed by atoms with Crippen molar-refractivity contribution in [2.45, 2.75) is 13.3 Å². The van der Waals surface area contributed by atoms with E-state index in [4.69, 9.17) is 5.73 Å². The number of nitrogens with one attached hydrogen (secondary N) is 2. The van der Waals surface area contributed by atoms with Crippen LogP contribution in [0.1, 0.15) is 13.3 Å². The van der Waals surface area contributed by atoms with Crippen LogP contribution < -0.4 is 15.8 Å². The van der Waals surface area contributed by atoms with Gasteiger partial charge in [0.1, 0.15) is 5.82 Å². The molecule has 0 aliphatic carbocycles. The third kappa shape index (κ3) is 3.79. The van der Waals surface area contributed by atoms with Crippen LogP contribution >= 0.6 is 0 Å². The molecule has 0 radical (unpaired) electrons. The van der Waals surface area contributed by atoms with Crippen molar-refractivity contribution in [1.29, 1.82) is 0 Å². The topological polar surface area (TPSA) is 128 Å². The zero-order chi connectivity index (χ0) is 15.5. The van der Waals surface area contributed by atoms with E-state index in [-0.39, 0.29) is 5.75 Å². The number of aromatic nitrogens is 4. The first kappa shape index (κ1) is 15.4. The van der Waals surface area contributed by atoms with Gasteiger partial charge in [-0.15, -0.1) is 0 Å². The Morgan fingerprint density at radius 3 is 2.81 bits per heavy atom. The van der Waals surface area contributed by atoms with Crippen molar-refractivity contribution >= 4 is 32.8 Å². The van der Waals surface area contributed by atoms with Crippen molar-refractivity contribution in [2.75, 3.05) is 29.9 Å². The Bertz CT molecular complexity index is 725. The molecule has 0 amide bonds. The quantitative estimate of drug-likeness (QED) is 0.598. The normalized spacial score (nSPS) is 11.9. The molecule has 10 heteroatoms. The molecule has 0 saturated heterocycles. The summed E-state index contributed by atoms with van der Waals surface area (Å²) in [7, 11) is -1.36. The van der Waals surface area contributed by atoms with E-state index in [2.05, 4.69) is 25.1 Å². The third-order valence-corrected chi connectivity index (χ3v) is 4.36. The smallest absolute Gasteiger partial charge is 0.226 e. The van der Waals surface area contributed by atoms with E-state index in [0.717, 1.165) is 0 Å². The summed E-state index contributed by atoms with van der Waals surface area (Å²) in [6, 6.07) is 0. The van der Waals surface area contributed by atoms with Gasteiger partial charge in [-0.1, -0.05) is 0 Å². The van der Waals surface area contributed by atoms with Crippen LogP contribution in [0.3, 0.4) is 0 Å². The van der Waals surface area contributed by atoms with Gasteiger partial charge in [0.25, 0.3) is 0 Å². The van der Waals surface area contributed by atoms with Gasteiger partial charge >= 0.3 is 0 Å². The molecule has 0 aliphatic heterocycles. The minimum atomic E-state index is -3.14. The van der Waals surface area contributed by atoms with Crippen LogP contribution in [0.2, 0.25) is 0 Å². The van der Waals surface area contributed by atoms with Gasteiger partial charge in [0, 0.05) is 20.1 Å². The van der Waals surface area contributed by atoms with Crippen molar-refractivity contribution in [1.82, 2.24) is 24.5 Å². The Hall–Kier alpha value is -1.94. The number of sulfonamides is 1. The SMILES string of the molecule is CCS(=O)(=O)NCCCNc1nc(N)c2cnn(C)c2n1. The van der Waals surface area contributed by atoms with Crippen LogP contribution in [0.5, 0.6) is 0 Å². The maximum Gasteiger partial charge on any atom is 0.226 e. The molecule has 2 heterocycles. The lowest BCUT2D eigenvalue weighted by atomic mass is 10.4.